The molecule has 0 radical (unpaired) electrons. The van der Waals surface area contributed by atoms with Crippen LogP contribution in [-0.2, 0) is 0 Å². The van der Waals surface area contributed by atoms with Crippen molar-refractivity contribution in [1.82, 2.24) is 4.98 Å². The summed E-state index contributed by atoms with van der Waals surface area (Å²) in [5.74, 6) is -0.503. The van der Waals surface area contributed by atoms with Crippen LogP contribution in [0.3, 0.4) is 0 Å². The van der Waals surface area contributed by atoms with Gasteiger partial charge in [-0.15, -0.1) is 0 Å². The molecule has 1 N–H and O–H groups in total. The van der Waals surface area contributed by atoms with Crippen molar-refractivity contribution >= 4 is 5.78 Å². The molecule has 3 nitrogen and oxygen atoms in total. The summed E-state index contributed by atoms with van der Waals surface area (Å²) in [6.45, 7) is 0. The second kappa shape index (κ2) is 2.14. The van der Waals surface area contributed by atoms with Crippen LogP contribution in [0.1, 0.15) is 10.4 Å². The average Bonchev–Trinajstić information content (AvgIpc) is 2.37. The lowest BCUT2D eigenvalue weighted by molar-refractivity contribution is 0.105. The Morgan fingerprint density at radius 3 is 3.00 bits per heavy atom. The van der Waals surface area contributed by atoms with E-state index >= 15 is 0 Å². The highest BCUT2D eigenvalue weighted by atomic mass is 16.1. The first-order valence-corrected chi connectivity index (χ1v) is 2.42. The van der Waals surface area contributed by atoms with Crippen molar-refractivity contribution in [3.05, 3.63) is 24.0 Å². The maximum absolute atomic E-state index is 10.5. The Bertz CT molecular complexity index is 243. The minimum absolute atomic E-state index is 0.414. The zero-order chi connectivity index (χ0) is 6.69. The minimum Gasteiger partial charge on any atom is -0.367 e. The number of aromatic amines is 1. The van der Waals surface area contributed by atoms with Gasteiger partial charge in [0, 0.05) is 12.4 Å². The fourth-order valence-electron chi connectivity index (χ4n) is 0.530. The molecular formula is C6H4N2O. The highest BCUT2D eigenvalue weighted by molar-refractivity contribution is 6.07. The fourth-order valence-corrected chi connectivity index (χ4v) is 0.530. The van der Waals surface area contributed by atoms with E-state index < -0.39 is 5.78 Å². The van der Waals surface area contributed by atoms with Crippen LogP contribution >= 0.6 is 0 Å². The van der Waals surface area contributed by atoms with Crippen molar-refractivity contribution < 1.29 is 4.79 Å². The fraction of sp³-hybridized carbons (Fsp3) is 0. The Kier molecular flexibility index (Phi) is 1.32. The van der Waals surface area contributed by atoms with Gasteiger partial charge in [-0.1, -0.05) is 0 Å². The summed E-state index contributed by atoms with van der Waals surface area (Å²) in [7, 11) is 0. The monoisotopic (exact) mass is 120 g/mol. The first kappa shape index (κ1) is 5.57. The molecule has 3 heteroatoms. The number of Topliss-reactive ketones (excluding diaryl/α,β-unsaturated/α-hetero) is 1. The summed E-state index contributed by atoms with van der Waals surface area (Å²) in [5.41, 5.74) is 0.414. The molecular weight excluding hydrogens is 116 g/mol. The second-order valence-corrected chi connectivity index (χ2v) is 1.54. The Morgan fingerprint density at radius 2 is 2.56 bits per heavy atom. The van der Waals surface area contributed by atoms with Gasteiger partial charge in [0.2, 0.25) is 0 Å². The summed E-state index contributed by atoms with van der Waals surface area (Å²) >= 11 is 0. The molecule has 0 saturated carbocycles. The van der Waals surface area contributed by atoms with Crippen molar-refractivity contribution in [2.75, 3.05) is 0 Å². The third kappa shape index (κ3) is 0.970. The van der Waals surface area contributed by atoms with Gasteiger partial charge in [-0.05, 0) is 6.07 Å². The Labute approximate surface area is 51.9 Å². The highest BCUT2D eigenvalue weighted by Gasteiger charge is 2.00. The first-order valence-electron chi connectivity index (χ1n) is 2.42. The van der Waals surface area contributed by atoms with E-state index in [0.717, 1.165) is 0 Å². The maximum atomic E-state index is 10.5. The molecule has 0 fully saturated rings. The van der Waals surface area contributed by atoms with Gasteiger partial charge in [0.05, 0.1) is 5.56 Å². The molecule has 1 heterocycles. The molecule has 0 aliphatic carbocycles. The number of hydrogen-bond donors (Lipinski definition) is 1. The molecule has 0 amide bonds. The number of nitriles is 1. The quantitative estimate of drug-likeness (QED) is 0.438. The van der Waals surface area contributed by atoms with E-state index in [0.29, 0.717) is 5.56 Å². The SMILES string of the molecule is N#CC(=O)c1cc[nH]c1. The van der Waals surface area contributed by atoms with Gasteiger partial charge in [-0.3, -0.25) is 4.79 Å². The van der Waals surface area contributed by atoms with Crippen LogP contribution in [0.4, 0.5) is 0 Å². The number of ketones is 1. The molecule has 0 atom stereocenters. The lowest BCUT2D eigenvalue weighted by Gasteiger charge is -1.76. The highest BCUT2D eigenvalue weighted by Crippen LogP contribution is 1.95. The van der Waals surface area contributed by atoms with Crippen LogP contribution in [0.5, 0.6) is 0 Å². The van der Waals surface area contributed by atoms with Gasteiger partial charge in [0.25, 0.3) is 5.78 Å². The van der Waals surface area contributed by atoms with Crippen molar-refractivity contribution in [2.24, 2.45) is 0 Å². The molecule has 1 rings (SSSR count). The van der Waals surface area contributed by atoms with Crippen LogP contribution in [-0.4, -0.2) is 10.8 Å². The van der Waals surface area contributed by atoms with Gasteiger partial charge >= 0.3 is 0 Å². The molecule has 0 saturated heterocycles. The molecule has 0 aliphatic heterocycles. The first-order chi connectivity index (χ1) is 4.34. The Hall–Kier alpha value is -1.56. The largest absolute Gasteiger partial charge is 0.367 e. The van der Waals surface area contributed by atoms with Crippen LogP contribution < -0.4 is 0 Å². The van der Waals surface area contributed by atoms with Crippen molar-refractivity contribution in [1.29, 1.82) is 5.26 Å². The predicted molar refractivity (Wildman–Crippen MR) is 30.7 cm³/mol. The molecule has 1 aromatic heterocycles. The molecule has 0 aliphatic rings. The summed E-state index contributed by atoms with van der Waals surface area (Å²) in [4.78, 5) is 13.2. The zero-order valence-electron chi connectivity index (χ0n) is 4.59. The van der Waals surface area contributed by atoms with Gasteiger partial charge in [0.15, 0.2) is 0 Å². The number of H-pyrrole nitrogens is 1. The number of carbonyl (C=O) groups is 1. The van der Waals surface area contributed by atoms with Gasteiger partial charge < -0.3 is 4.98 Å². The van der Waals surface area contributed by atoms with E-state index in [1.54, 1.807) is 12.3 Å². The Morgan fingerprint density at radius 1 is 1.78 bits per heavy atom. The number of hydrogen-bond acceptors (Lipinski definition) is 2. The number of carbonyl (C=O) groups excluding carboxylic acids is 1. The van der Waals surface area contributed by atoms with Gasteiger partial charge in [0.1, 0.15) is 6.07 Å². The van der Waals surface area contributed by atoms with Crippen LogP contribution in [0, 0.1) is 11.3 Å². The smallest absolute Gasteiger partial charge is 0.263 e. The predicted octanol–water partition coefficient (Wildman–Crippen LogP) is 0.721. The van der Waals surface area contributed by atoms with E-state index in [4.69, 9.17) is 5.26 Å². The molecule has 0 unspecified atom stereocenters. The van der Waals surface area contributed by atoms with Crippen LogP contribution in [0.25, 0.3) is 0 Å². The minimum atomic E-state index is -0.503. The summed E-state index contributed by atoms with van der Waals surface area (Å²) in [6.07, 6.45) is 3.09. The molecule has 44 valence electrons. The Balaban J connectivity index is 2.93. The van der Waals surface area contributed by atoms with Crippen LogP contribution in [0.15, 0.2) is 18.5 Å². The van der Waals surface area contributed by atoms with Crippen molar-refractivity contribution in [3.63, 3.8) is 0 Å². The summed E-state index contributed by atoms with van der Waals surface area (Å²) in [5, 5.41) is 8.09. The van der Waals surface area contributed by atoms with E-state index in [2.05, 4.69) is 4.98 Å². The molecule has 0 bridgehead atoms. The summed E-state index contributed by atoms with van der Waals surface area (Å²) in [6, 6.07) is 3.07. The van der Waals surface area contributed by atoms with E-state index in [1.165, 1.54) is 12.3 Å². The molecule has 0 spiro atoms. The number of nitrogens with one attached hydrogen (secondary N) is 1. The lowest BCUT2D eigenvalue weighted by atomic mass is 10.2. The van der Waals surface area contributed by atoms with Crippen molar-refractivity contribution in [2.45, 2.75) is 0 Å². The average molecular weight is 120 g/mol. The van der Waals surface area contributed by atoms with Crippen LogP contribution in [0.2, 0.25) is 0 Å². The van der Waals surface area contributed by atoms with E-state index in [1.807, 2.05) is 0 Å². The lowest BCUT2D eigenvalue weighted by Crippen LogP contribution is -1.89. The number of rotatable bonds is 1. The normalized spacial score (nSPS) is 8.33. The third-order valence-electron chi connectivity index (χ3n) is 0.962. The van der Waals surface area contributed by atoms with E-state index in [-0.39, 0.29) is 0 Å². The molecule has 1 aromatic rings. The molecule has 0 aromatic carbocycles. The van der Waals surface area contributed by atoms with Gasteiger partial charge in [-0.2, -0.15) is 5.26 Å². The maximum Gasteiger partial charge on any atom is 0.263 e. The third-order valence-corrected chi connectivity index (χ3v) is 0.962. The van der Waals surface area contributed by atoms with E-state index in [9.17, 15) is 4.79 Å². The topological polar surface area (TPSA) is 56.6 Å². The molecule has 9 heavy (non-hydrogen) atoms. The number of nitrogens with zero attached hydrogens (tertiary/aromatic N) is 1. The number of aromatic nitrogens is 1. The summed E-state index contributed by atoms with van der Waals surface area (Å²) < 4.78 is 0. The second-order valence-electron chi connectivity index (χ2n) is 1.54. The zero-order valence-corrected chi connectivity index (χ0v) is 4.59. The standard InChI is InChI=1S/C6H4N2O/c7-3-6(9)5-1-2-8-4-5/h1-2,4,8H. The van der Waals surface area contributed by atoms with Gasteiger partial charge in [-0.25, -0.2) is 0 Å². The van der Waals surface area contributed by atoms with Crippen molar-refractivity contribution in [3.8, 4) is 6.07 Å².